The van der Waals surface area contributed by atoms with E-state index in [4.69, 9.17) is 4.42 Å². The summed E-state index contributed by atoms with van der Waals surface area (Å²) in [7, 11) is 1.87. The van der Waals surface area contributed by atoms with Crippen LogP contribution in [0.4, 0.5) is 0 Å². The quantitative estimate of drug-likeness (QED) is 0.601. The number of carbonyl (C=O) groups excluding carboxylic acids is 1. The topological polar surface area (TPSA) is 50.5 Å². The Bertz CT molecular complexity index is 1090. The van der Waals surface area contributed by atoms with Gasteiger partial charge in [0.1, 0.15) is 5.76 Å². The van der Waals surface area contributed by atoms with E-state index in [-0.39, 0.29) is 17.4 Å². The molecule has 0 radical (unpaired) electrons. The fourth-order valence-corrected chi connectivity index (χ4v) is 4.33. The highest BCUT2D eigenvalue weighted by Gasteiger charge is 2.27. The minimum Gasteiger partial charge on any atom is -0.455 e. The van der Waals surface area contributed by atoms with Crippen molar-refractivity contribution in [3.63, 3.8) is 0 Å². The number of rotatable bonds is 3. The molecular weight excluding hydrogens is 362 g/mol. The van der Waals surface area contributed by atoms with Crippen molar-refractivity contribution in [2.24, 2.45) is 5.92 Å². The Hall–Kier alpha value is -2.88. The van der Waals surface area contributed by atoms with Crippen LogP contribution in [0.3, 0.4) is 0 Å². The minimum atomic E-state index is -0.0890. The zero-order chi connectivity index (χ0) is 20.5. The Labute approximate surface area is 171 Å². The molecule has 0 unspecified atom stereocenters. The van der Waals surface area contributed by atoms with Gasteiger partial charge in [-0.3, -0.25) is 9.59 Å². The van der Waals surface area contributed by atoms with Crippen molar-refractivity contribution < 1.29 is 9.21 Å². The number of hydrogen-bond acceptors (Lipinski definition) is 3. The van der Waals surface area contributed by atoms with E-state index < -0.39 is 0 Å². The Balaban J connectivity index is 1.80. The molecule has 1 heterocycles. The lowest BCUT2D eigenvalue weighted by Gasteiger charge is -2.33. The molecule has 1 amide bonds. The predicted molar refractivity (Wildman–Crippen MR) is 116 cm³/mol. The smallest absolute Gasteiger partial charge is 0.257 e. The monoisotopic (exact) mass is 389 g/mol. The molecule has 0 N–H and O–H groups in total. The first-order valence-corrected chi connectivity index (χ1v) is 10.4. The first-order chi connectivity index (χ1) is 14.0. The molecule has 1 fully saturated rings. The first kappa shape index (κ1) is 19.4. The Morgan fingerprint density at radius 2 is 1.69 bits per heavy atom. The van der Waals surface area contributed by atoms with Crippen molar-refractivity contribution in [1.82, 2.24) is 4.90 Å². The van der Waals surface area contributed by atoms with Gasteiger partial charge in [-0.15, -0.1) is 0 Å². The lowest BCUT2D eigenvalue weighted by molar-refractivity contribution is 0.0680. The molecule has 3 aromatic rings. The fourth-order valence-electron chi connectivity index (χ4n) is 4.33. The summed E-state index contributed by atoms with van der Waals surface area (Å²) in [6.45, 7) is 4.04. The van der Waals surface area contributed by atoms with Crippen LogP contribution in [0.25, 0.3) is 22.3 Å². The second-order valence-corrected chi connectivity index (χ2v) is 8.26. The number of nitrogens with zero attached hydrogens (tertiary/aromatic N) is 1. The van der Waals surface area contributed by atoms with Crippen molar-refractivity contribution in [3.05, 3.63) is 69.9 Å². The lowest BCUT2D eigenvalue weighted by Crippen LogP contribution is -2.39. The third-order valence-electron chi connectivity index (χ3n) is 6.26. The molecule has 1 saturated carbocycles. The molecule has 0 spiro atoms. The standard InChI is InChI=1S/C25H27NO3/c1-16-12-14-19(15-13-16)26(3)25(28)21-11-7-10-20-22(27)17(2)23(29-24(20)21)18-8-5-4-6-9-18/h4-11,16,19H,12-15H2,1-3H3. The van der Waals surface area contributed by atoms with E-state index in [1.54, 1.807) is 25.1 Å². The molecular formula is C25H27NO3. The summed E-state index contributed by atoms with van der Waals surface area (Å²) in [6.07, 6.45) is 4.33. The molecule has 1 aliphatic rings. The van der Waals surface area contributed by atoms with Gasteiger partial charge in [0.15, 0.2) is 11.0 Å². The summed E-state index contributed by atoms with van der Waals surface area (Å²) in [5.74, 6) is 1.17. The van der Waals surface area contributed by atoms with E-state index in [2.05, 4.69) is 6.92 Å². The maximum absolute atomic E-state index is 13.3. The third-order valence-corrected chi connectivity index (χ3v) is 6.26. The molecule has 0 bridgehead atoms. The van der Waals surface area contributed by atoms with Crippen molar-refractivity contribution in [2.45, 2.75) is 45.6 Å². The summed E-state index contributed by atoms with van der Waals surface area (Å²) in [4.78, 5) is 28.2. The maximum atomic E-state index is 13.3. The van der Waals surface area contributed by atoms with E-state index in [0.29, 0.717) is 27.9 Å². The summed E-state index contributed by atoms with van der Waals surface area (Å²) >= 11 is 0. The van der Waals surface area contributed by atoms with Gasteiger partial charge in [0.05, 0.1) is 10.9 Å². The number of hydrogen-bond donors (Lipinski definition) is 0. The van der Waals surface area contributed by atoms with Gasteiger partial charge in [0, 0.05) is 24.2 Å². The van der Waals surface area contributed by atoms with Crippen molar-refractivity contribution in [3.8, 4) is 11.3 Å². The normalized spacial score (nSPS) is 19.3. The number of benzene rings is 2. The Morgan fingerprint density at radius 1 is 1.00 bits per heavy atom. The Kier molecular flexibility index (Phi) is 5.27. The van der Waals surface area contributed by atoms with Gasteiger partial charge in [-0.2, -0.15) is 0 Å². The van der Waals surface area contributed by atoms with Crippen LogP contribution >= 0.6 is 0 Å². The second-order valence-electron chi connectivity index (χ2n) is 8.26. The molecule has 0 atom stereocenters. The summed E-state index contributed by atoms with van der Waals surface area (Å²) in [5.41, 5.74) is 2.14. The molecule has 4 rings (SSSR count). The molecule has 0 aliphatic heterocycles. The molecule has 0 saturated heterocycles. The highest BCUT2D eigenvalue weighted by molar-refractivity contribution is 6.05. The fraction of sp³-hybridized carbons (Fsp3) is 0.360. The van der Waals surface area contributed by atoms with Gasteiger partial charge in [0.25, 0.3) is 5.91 Å². The third kappa shape index (κ3) is 3.59. The zero-order valence-corrected chi connectivity index (χ0v) is 17.3. The Morgan fingerprint density at radius 3 is 2.38 bits per heavy atom. The molecule has 1 aromatic heterocycles. The minimum absolute atomic E-state index is 0.0823. The number of fused-ring (bicyclic) bond motifs is 1. The van der Waals surface area contributed by atoms with E-state index in [1.807, 2.05) is 42.3 Å². The van der Waals surface area contributed by atoms with E-state index in [1.165, 1.54) is 0 Å². The SMILES string of the molecule is Cc1c(-c2ccccc2)oc2c(C(=O)N(C)C3CCC(C)CC3)cccc2c1=O. The van der Waals surface area contributed by atoms with Crippen LogP contribution in [-0.4, -0.2) is 23.9 Å². The number of carbonyl (C=O) groups is 1. The molecule has 4 heteroatoms. The molecule has 150 valence electrons. The molecule has 1 aliphatic carbocycles. The van der Waals surface area contributed by atoms with Gasteiger partial charge in [-0.05, 0) is 50.7 Å². The zero-order valence-electron chi connectivity index (χ0n) is 17.3. The van der Waals surface area contributed by atoms with Crippen LogP contribution in [0.15, 0.2) is 57.7 Å². The average Bonchev–Trinajstić information content (AvgIpc) is 2.76. The van der Waals surface area contributed by atoms with Crippen LogP contribution in [0.5, 0.6) is 0 Å². The van der Waals surface area contributed by atoms with E-state index in [0.717, 1.165) is 37.2 Å². The van der Waals surface area contributed by atoms with Gasteiger partial charge >= 0.3 is 0 Å². The highest BCUT2D eigenvalue weighted by atomic mass is 16.3. The molecule has 29 heavy (non-hydrogen) atoms. The van der Waals surface area contributed by atoms with Gasteiger partial charge in [0.2, 0.25) is 0 Å². The highest BCUT2D eigenvalue weighted by Crippen LogP contribution is 2.30. The summed E-state index contributed by atoms with van der Waals surface area (Å²) in [5, 5.41) is 0.457. The van der Waals surface area contributed by atoms with E-state index >= 15 is 0 Å². The van der Waals surface area contributed by atoms with Crippen LogP contribution in [0, 0.1) is 12.8 Å². The maximum Gasteiger partial charge on any atom is 0.257 e. The van der Waals surface area contributed by atoms with Crippen LogP contribution in [-0.2, 0) is 0 Å². The van der Waals surface area contributed by atoms with E-state index in [9.17, 15) is 9.59 Å². The lowest BCUT2D eigenvalue weighted by atomic mass is 9.86. The largest absolute Gasteiger partial charge is 0.455 e. The summed E-state index contributed by atoms with van der Waals surface area (Å²) in [6, 6.07) is 15.1. The van der Waals surface area contributed by atoms with Crippen LogP contribution < -0.4 is 5.43 Å². The molecule has 4 nitrogen and oxygen atoms in total. The number of amides is 1. The van der Waals surface area contributed by atoms with Crippen LogP contribution in [0.2, 0.25) is 0 Å². The second kappa shape index (κ2) is 7.86. The van der Waals surface area contributed by atoms with Crippen LogP contribution in [0.1, 0.15) is 48.5 Å². The summed E-state index contributed by atoms with van der Waals surface area (Å²) < 4.78 is 6.22. The van der Waals surface area contributed by atoms with Crippen molar-refractivity contribution >= 4 is 16.9 Å². The van der Waals surface area contributed by atoms with Gasteiger partial charge < -0.3 is 9.32 Å². The van der Waals surface area contributed by atoms with Crippen molar-refractivity contribution in [1.29, 1.82) is 0 Å². The number of para-hydroxylation sites is 1. The van der Waals surface area contributed by atoms with Crippen molar-refractivity contribution in [2.75, 3.05) is 7.05 Å². The molecule has 2 aromatic carbocycles. The predicted octanol–water partition coefficient (Wildman–Crippen LogP) is 5.42. The first-order valence-electron chi connectivity index (χ1n) is 10.4. The van der Waals surface area contributed by atoms with Gasteiger partial charge in [-0.1, -0.05) is 43.3 Å². The van der Waals surface area contributed by atoms with Gasteiger partial charge in [-0.25, -0.2) is 0 Å². The average molecular weight is 389 g/mol.